The molecule has 0 bridgehead atoms. The summed E-state index contributed by atoms with van der Waals surface area (Å²) in [4.78, 5) is 2.38. The Morgan fingerprint density at radius 2 is 1.91 bits per heavy atom. The lowest BCUT2D eigenvalue weighted by atomic mass is 10.1. The molecule has 1 heterocycles. The molecule has 0 radical (unpaired) electrons. The first kappa shape index (κ1) is 15.0. The van der Waals surface area contributed by atoms with Crippen molar-refractivity contribution in [2.24, 2.45) is 5.73 Å². The fourth-order valence-corrected chi connectivity index (χ4v) is 2.66. The van der Waals surface area contributed by atoms with Gasteiger partial charge in [-0.3, -0.25) is 4.90 Å². The second-order valence-electron chi connectivity index (χ2n) is 5.53. The molecular formula is C18H22N2O2. The summed E-state index contributed by atoms with van der Waals surface area (Å²) in [5.74, 6) is 1.72. The Balaban J connectivity index is 1.64. The van der Waals surface area contributed by atoms with Crippen LogP contribution in [0.5, 0.6) is 11.5 Å². The summed E-state index contributed by atoms with van der Waals surface area (Å²) in [5.41, 5.74) is 6.94. The van der Waals surface area contributed by atoms with Crippen molar-refractivity contribution >= 4 is 0 Å². The number of nitrogens with zero attached hydrogens (tertiary/aromatic N) is 1. The zero-order chi connectivity index (χ0) is 15.2. The van der Waals surface area contributed by atoms with Gasteiger partial charge in [-0.25, -0.2) is 0 Å². The molecule has 1 atom stereocenters. The Morgan fingerprint density at radius 1 is 1.09 bits per heavy atom. The summed E-state index contributed by atoms with van der Waals surface area (Å²) < 4.78 is 11.5. The molecule has 2 N–H and O–H groups in total. The van der Waals surface area contributed by atoms with Crippen LogP contribution in [-0.4, -0.2) is 37.2 Å². The summed E-state index contributed by atoms with van der Waals surface area (Å²) in [6.45, 7) is 4.06. The molecule has 0 saturated carbocycles. The van der Waals surface area contributed by atoms with Gasteiger partial charge in [-0.1, -0.05) is 30.3 Å². The number of rotatable bonds is 5. The van der Waals surface area contributed by atoms with Crippen LogP contribution in [-0.2, 0) is 11.3 Å². The zero-order valence-corrected chi connectivity index (χ0v) is 12.7. The third-order valence-electron chi connectivity index (χ3n) is 3.77. The van der Waals surface area contributed by atoms with Crippen LogP contribution in [0.4, 0.5) is 0 Å². The molecule has 0 aromatic heterocycles. The molecule has 4 heteroatoms. The average molecular weight is 298 g/mol. The van der Waals surface area contributed by atoms with E-state index in [2.05, 4.69) is 17.0 Å². The van der Waals surface area contributed by atoms with Crippen molar-refractivity contribution in [1.29, 1.82) is 0 Å². The highest BCUT2D eigenvalue weighted by atomic mass is 16.5. The van der Waals surface area contributed by atoms with Crippen LogP contribution in [0.3, 0.4) is 0 Å². The van der Waals surface area contributed by atoms with Crippen molar-refractivity contribution in [3.05, 3.63) is 60.2 Å². The number of para-hydroxylation sites is 1. The normalized spacial score (nSPS) is 19.0. The Labute approximate surface area is 131 Å². The van der Waals surface area contributed by atoms with E-state index in [9.17, 15) is 0 Å². The van der Waals surface area contributed by atoms with Crippen LogP contribution in [0.2, 0.25) is 0 Å². The molecule has 1 aliphatic heterocycles. The smallest absolute Gasteiger partial charge is 0.127 e. The van der Waals surface area contributed by atoms with Crippen molar-refractivity contribution in [3.8, 4) is 11.5 Å². The zero-order valence-electron chi connectivity index (χ0n) is 12.7. The highest BCUT2D eigenvalue weighted by molar-refractivity contribution is 5.33. The van der Waals surface area contributed by atoms with Gasteiger partial charge in [0.15, 0.2) is 0 Å². The third-order valence-corrected chi connectivity index (χ3v) is 3.77. The first-order valence-corrected chi connectivity index (χ1v) is 7.69. The first-order chi connectivity index (χ1) is 10.8. The number of hydrogen-bond donors (Lipinski definition) is 1. The lowest BCUT2D eigenvalue weighted by molar-refractivity contribution is -0.0260. The molecule has 3 rings (SSSR count). The van der Waals surface area contributed by atoms with E-state index in [1.165, 1.54) is 5.56 Å². The largest absolute Gasteiger partial charge is 0.457 e. The van der Waals surface area contributed by atoms with E-state index in [-0.39, 0.29) is 6.10 Å². The molecule has 0 aliphatic carbocycles. The molecule has 0 spiro atoms. The lowest BCUT2D eigenvalue weighted by Crippen LogP contribution is -2.45. The highest BCUT2D eigenvalue weighted by Gasteiger charge is 2.19. The number of hydrogen-bond acceptors (Lipinski definition) is 4. The van der Waals surface area contributed by atoms with Gasteiger partial charge in [0.05, 0.1) is 12.7 Å². The minimum absolute atomic E-state index is 0.150. The van der Waals surface area contributed by atoms with Crippen molar-refractivity contribution in [2.75, 3.05) is 26.2 Å². The van der Waals surface area contributed by atoms with Crippen LogP contribution >= 0.6 is 0 Å². The van der Waals surface area contributed by atoms with E-state index in [4.69, 9.17) is 15.2 Å². The van der Waals surface area contributed by atoms with Gasteiger partial charge in [0.2, 0.25) is 0 Å². The minimum Gasteiger partial charge on any atom is -0.457 e. The number of nitrogens with two attached hydrogens (primary N) is 1. The van der Waals surface area contributed by atoms with E-state index in [0.717, 1.165) is 37.7 Å². The molecule has 116 valence electrons. The Morgan fingerprint density at radius 3 is 2.73 bits per heavy atom. The van der Waals surface area contributed by atoms with Crippen LogP contribution < -0.4 is 10.5 Å². The third kappa shape index (κ3) is 4.07. The molecule has 2 aromatic rings. The predicted octanol–water partition coefficient (Wildman–Crippen LogP) is 2.64. The van der Waals surface area contributed by atoms with Gasteiger partial charge in [-0.2, -0.15) is 0 Å². The summed E-state index contributed by atoms with van der Waals surface area (Å²) in [5, 5.41) is 0. The highest BCUT2D eigenvalue weighted by Crippen LogP contribution is 2.22. The van der Waals surface area contributed by atoms with Crippen molar-refractivity contribution in [2.45, 2.75) is 12.6 Å². The van der Waals surface area contributed by atoms with Crippen molar-refractivity contribution in [3.63, 3.8) is 0 Å². The van der Waals surface area contributed by atoms with Gasteiger partial charge in [0.1, 0.15) is 11.5 Å². The molecule has 0 amide bonds. The molecule has 2 aromatic carbocycles. The number of ether oxygens (including phenoxy) is 2. The summed E-state index contributed by atoms with van der Waals surface area (Å²) in [6, 6.07) is 18.1. The topological polar surface area (TPSA) is 47.7 Å². The molecule has 1 fully saturated rings. The van der Waals surface area contributed by atoms with Crippen molar-refractivity contribution in [1.82, 2.24) is 4.90 Å². The Bertz CT molecular complexity index is 589. The SMILES string of the molecule is NCC1CN(Cc2cccc(Oc3ccccc3)c2)CCO1. The maximum atomic E-state index is 5.89. The van der Waals surface area contributed by atoms with Gasteiger partial charge in [-0.15, -0.1) is 0 Å². The minimum atomic E-state index is 0.150. The number of benzene rings is 2. The van der Waals surface area contributed by atoms with Crippen LogP contribution in [0.15, 0.2) is 54.6 Å². The quantitative estimate of drug-likeness (QED) is 0.922. The Hall–Kier alpha value is -1.88. The van der Waals surface area contributed by atoms with Crippen molar-refractivity contribution < 1.29 is 9.47 Å². The maximum absolute atomic E-state index is 5.89. The molecule has 1 aliphatic rings. The van der Waals surface area contributed by atoms with Gasteiger partial charge >= 0.3 is 0 Å². The van der Waals surface area contributed by atoms with E-state index >= 15 is 0 Å². The van der Waals surface area contributed by atoms with Gasteiger partial charge < -0.3 is 15.2 Å². The van der Waals surface area contributed by atoms with E-state index < -0.39 is 0 Å². The van der Waals surface area contributed by atoms with Crippen LogP contribution in [0.1, 0.15) is 5.56 Å². The van der Waals surface area contributed by atoms with Crippen LogP contribution in [0.25, 0.3) is 0 Å². The average Bonchev–Trinajstić information content (AvgIpc) is 2.56. The molecular weight excluding hydrogens is 276 g/mol. The fourth-order valence-electron chi connectivity index (χ4n) is 2.66. The van der Waals surface area contributed by atoms with E-state index in [0.29, 0.717) is 6.54 Å². The molecule has 1 unspecified atom stereocenters. The standard InChI is InChI=1S/C18H22N2O2/c19-12-18-14-20(9-10-21-18)13-15-5-4-8-17(11-15)22-16-6-2-1-3-7-16/h1-8,11,18H,9-10,12-14,19H2. The summed E-state index contributed by atoms with van der Waals surface area (Å²) in [6.07, 6.45) is 0.150. The van der Waals surface area contributed by atoms with E-state index in [1.54, 1.807) is 0 Å². The molecule has 4 nitrogen and oxygen atoms in total. The maximum Gasteiger partial charge on any atom is 0.127 e. The van der Waals surface area contributed by atoms with Gasteiger partial charge in [0, 0.05) is 26.2 Å². The predicted molar refractivity (Wildman–Crippen MR) is 87.0 cm³/mol. The van der Waals surface area contributed by atoms with E-state index in [1.807, 2.05) is 42.5 Å². The monoisotopic (exact) mass is 298 g/mol. The second kappa shape index (κ2) is 7.40. The summed E-state index contributed by atoms with van der Waals surface area (Å²) in [7, 11) is 0. The Kier molecular flexibility index (Phi) is 5.06. The fraction of sp³-hybridized carbons (Fsp3) is 0.333. The first-order valence-electron chi connectivity index (χ1n) is 7.69. The van der Waals surface area contributed by atoms with Gasteiger partial charge in [0.25, 0.3) is 0 Å². The summed E-state index contributed by atoms with van der Waals surface area (Å²) >= 11 is 0. The molecule has 1 saturated heterocycles. The lowest BCUT2D eigenvalue weighted by Gasteiger charge is -2.32. The van der Waals surface area contributed by atoms with Crippen LogP contribution in [0, 0.1) is 0 Å². The second-order valence-corrected chi connectivity index (χ2v) is 5.53. The number of morpholine rings is 1. The van der Waals surface area contributed by atoms with Gasteiger partial charge in [-0.05, 0) is 29.8 Å². The molecule has 22 heavy (non-hydrogen) atoms.